The zero-order valence-electron chi connectivity index (χ0n) is 16.0. The second kappa shape index (κ2) is 7.12. The first kappa shape index (κ1) is 19.3. The Balaban J connectivity index is 1.94. The average Bonchev–Trinajstić information content (AvgIpc) is 3.11. The standard InChI is InChI=1S/C21H22BrF2N3O/c1-12-8-16-14(6-7-18-17(16)10-25-26-18)20(27(12)11-21(2,23)24)15-5-4-13(22)9-19(15)28-3/h4-7,9-10,12,20H,8,11H2,1-3H3,(H,25,26)/t12-,20+/m1/s1. The number of H-pyrrole nitrogens is 1. The first-order chi connectivity index (χ1) is 13.3. The Kier molecular flexibility index (Phi) is 4.91. The van der Waals surface area contributed by atoms with Crippen molar-refractivity contribution in [2.75, 3.05) is 13.7 Å². The summed E-state index contributed by atoms with van der Waals surface area (Å²) in [4.78, 5) is 1.89. The summed E-state index contributed by atoms with van der Waals surface area (Å²) in [6.07, 6.45) is 2.51. The van der Waals surface area contributed by atoms with Gasteiger partial charge in [-0.1, -0.05) is 28.1 Å². The molecule has 1 aromatic heterocycles. The molecule has 0 bridgehead atoms. The molecule has 4 rings (SSSR count). The van der Waals surface area contributed by atoms with E-state index in [1.54, 1.807) is 7.11 Å². The molecule has 3 aromatic rings. The van der Waals surface area contributed by atoms with Crippen LogP contribution < -0.4 is 4.74 Å². The van der Waals surface area contributed by atoms with E-state index >= 15 is 0 Å². The Morgan fingerprint density at radius 2 is 2.04 bits per heavy atom. The van der Waals surface area contributed by atoms with E-state index in [2.05, 4.69) is 26.1 Å². The number of nitrogens with zero attached hydrogens (tertiary/aromatic N) is 2. The lowest BCUT2D eigenvalue weighted by molar-refractivity contribution is -0.0364. The predicted octanol–water partition coefficient (Wildman–Crippen LogP) is 5.33. The highest BCUT2D eigenvalue weighted by molar-refractivity contribution is 9.10. The summed E-state index contributed by atoms with van der Waals surface area (Å²) < 4.78 is 34.7. The van der Waals surface area contributed by atoms with Gasteiger partial charge >= 0.3 is 0 Å². The lowest BCUT2D eigenvalue weighted by atomic mass is 9.83. The first-order valence-corrected chi connectivity index (χ1v) is 9.99. The summed E-state index contributed by atoms with van der Waals surface area (Å²) in [5, 5.41) is 8.22. The van der Waals surface area contributed by atoms with E-state index in [0.717, 1.165) is 39.0 Å². The third-order valence-electron chi connectivity index (χ3n) is 5.41. The second-order valence-electron chi connectivity index (χ2n) is 7.55. The molecular weight excluding hydrogens is 428 g/mol. The Labute approximate surface area is 171 Å². The van der Waals surface area contributed by atoms with Crippen molar-refractivity contribution in [2.24, 2.45) is 0 Å². The molecule has 148 valence electrons. The van der Waals surface area contributed by atoms with Gasteiger partial charge in [-0.3, -0.25) is 10.00 Å². The average molecular weight is 450 g/mol. The number of benzene rings is 2. The van der Waals surface area contributed by atoms with Crippen LogP contribution in [0.2, 0.25) is 0 Å². The van der Waals surface area contributed by atoms with Crippen molar-refractivity contribution in [3.8, 4) is 5.75 Å². The van der Waals surface area contributed by atoms with Crippen LogP contribution in [0.1, 0.15) is 36.6 Å². The Hall–Kier alpha value is -1.99. The minimum Gasteiger partial charge on any atom is -0.496 e. The molecule has 0 radical (unpaired) electrons. The van der Waals surface area contributed by atoms with E-state index in [4.69, 9.17) is 4.74 Å². The molecule has 1 aliphatic heterocycles. The molecule has 28 heavy (non-hydrogen) atoms. The van der Waals surface area contributed by atoms with E-state index < -0.39 is 5.92 Å². The molecule has 2 heterocycles. The number of methoxy groups -OCH3 is 1. The fourth-order valence-corrected chi connectivity index (χ4v) is 4.59. The minimum atomic E-state index is -2.80. The monoisotopic (exact) mass is 449 g/mol. The topological polar surface area (TPSA) is 41.1 Å². The quantitative estimate of drug-likeness (QED) is 0.585. The summed E-state index contributed by atoms with van der Waals surface area (Å²) in [6.45, 7) is 2.66. The molecule has 0 fully saturated rings. The fraction of sp³-hybridized carbons (Fsp3) is 0.381. The van der Waals surface area contributed by atoms with Crippen LogP contribution in [0.5, 0.6) is 5.75 Å². The molecule has 0 aliphatic carbocycles. The van der Waals surface area contributed by atoms with Crippen LogP contribution in [0.3, 0.4) is 0 Å². The van der Waals surface area contributed by atoms with E-state index in [1.807, 2.05) is 48.4 Å². The van der Waals surface area contributed by atoms with Gasteiger partial charge in [0.25, 0.3) is 5.92 Å². The zero-order valence-corrected chi connectivity index (χ0v) is 17.6. The molecular formula is C21H22BrF2N3O. The van der Waals surface area contributed by atoms with Crippen LogP contribution in [-0.2, 0) is 6.42 Å². The number of rotatable bonds is 4. The van der Waals surface area contributed by atoms with E-state index in [-0.39, 0.29) is 18.6 Å². The van der Waals surface area contributed by atoms with Gasteiger partial charge in [0.1, 0.15) is 5.75 Å². The fourth-order valence-electron chi connectivity index (χ4n) is 4.25. The molecule has 0 saturated carbocycles. The van der Waals surface area contributed by atoms with Crippen LogP contribution in [0.15, 0.2) is 41.0 Å². The highest BCUT2D eigenvalue weighted by Crippen LogP contribution is 2.44. The van der Waals surface area contributed by atoms with Crippen molar-refractivity contribution >= 4 is 26.8 Å². The van der Waals surface area contributed by atoms with Gasteiger partial charge in [-0.15, -0.1) is 0 Å². The number of hydrogen-bond donors (Lipinski definition) is 1. The summed E-state index contributed by atoms with van der Waals surface area (Å²) >= 11 is 3.47. The van der Waals surface area contributed by atoms with Crippen LogP contribution in [-0.4, -0.2) is 40.7 Å². The molecule has 2 aromatic carbocycles. The van der Waals surface area contributed by atoms with Crippen molar-refractivity contribution in [3.05, 3.63) is 57.7 Å². The molecule has 0 unspecified atom stereocenters. The normalized spacial score (nSPS) is 20.4. The van der Waals surface area contributed by atoms with Crippen LogP contribution in [0, 0.1) is 0 Å². The van der Waals surface area contributed by atoms with Crippen LogP contribution >= 0.6 is 15.9 Å². The van der Waals surface area contributed by atoms with E-state index in [9.17, 15) is 8.78 Å². The Morgan fingerprint density at radius 3 is 2.75 bits per heavy atom. The van der Waals surface area contributed by atoms with Crippen molar-refractivity contribution in [1.82, 2.24) is 15.1 Å². The van der Waals surface area contributed by atoms with Crippen LogP contribution in [0.4, 0.5) is 8.78 Å². The first-order valence-electron chi connectivity index (χ1n) is 9.20. The van der Waals surface area contributed by atoms with Gasteiger partial charge in [-0.05, 0) is 42.7 Å². The highest BCUT2D eigenvalue weighted by atomic mass is 79.9. The lowest BCUT2D eigenvalue weighted by Crippen LogP contribution is -2.47. The number of aromatic amines is 1. The number of nitrogens with one attached hydrogen (secondary N) is 1. The summed E-state index contributed by atoms with van der Waals surface area (Å²) in [7, 11) is 1.61. The molecule has 4 nitrogen and oxygen atoms in total. The van der Waals surface area contributed by atoms with E-state index in [1.165, 1.54) is 0 Å². The largest absolute Gasteiger partial charge is 0.496 e. The molecule has 1 aliphatic rings. The summed E-state index contributed by atoms with van der Waals surface area (Å²) in [6, 6.07) is 9.37. The lowest BCUT2D eigenvalue weighted by Gasteiger charge is -2.43. The van der Waals surface area contributed by atoms with Crippen molar-refractivity contribution < 1.29 is 13.5 Å². The number of aromatic nitrogens is 2. The van der Waals surface area contributed by atoms with Gasteiger partial charge in [-0.2, -0.15) is 5.10 Å². The second-order valence-corrected chi connectivity index (χ2v) is 8.46. The van der Waals surface area contributed by atoms with Gasteiger partial charge in [0, 0.05) is 28.4 Å². The predicted molar refractivity (Wildman–Crippen MR) is 109 cm³/mol. The van der Waals surface area contributed by atoms with Gasteiger partial charge in [0.05, 0.1) is 31.4 Å². The van der Waals surface area contributed by atoms with Crippen LogP contribution in [0.25, 0.3) is 10.9 Å². The molecule has 0 amide bonds. The SMILES string of the molecule is COc1cc(Br)ccc1[C@@H]1c2ccc3[nH]ncc3c2C[C@@H](C)N1CC(C)(F)F. The van der Waals surface area contributed by atoms with Gasteiger partial charge in [-0.25, -0.2) is 8.78 Å². The summed E-state index contributed by atoms with van der Waals surface area (Å²) in [5.74, 6) is -2.12. The third-order valence-corrected chi connectivity index (χ3v) is 5.91. The van der Waals surface area contributed by atoms with Crippen molar-refractivity contribution in [3.63, 3.8) is 0 Å². The molecule has 2 atom stereocenters. The maximum absolute atomic E-state index is 14.1. The molecule has 0 spiro atoms. The Morgan fingerprint density at radius 1 is 1.29 bits per heavy atom. The molecule has 1 N–H and O–H groups in total. The molecule has 0 saturated heterocycles. The van der Waals surface area contributed by atoms with Gasteiger partial charge < -0.3 is 4.74 Å². The smallest absolute Gasteiger partial charge is 0.257 e. The zero-order chi connectivity index (χ0) is 20.1. The number of alkyl halides is 2. The number of fused-ring (bicyclic) bond motifs is 3. The Bertz CT molecular complexity index is 1010. The van der Waals surface area contributed by atoms with Gasteiger partial charge in [0.15, 0.2) is 0 Å². The van der Waals surface area contributed by atoms with E-state index in [0.29, 0.717) is 12.2 Å². The van der Waals surface area contributed by atoms with Gasteiger partial charge in [0.2, 0.25) is 0 Å². The maximum Gasteiger partial charge on any atom is 0.257 e. The number of halogens is 3. The number of hydrogen-bond acceptors (Lipinski definition) is 3. The van der Waals surface area contributed by atoms with Crippen molar-refractivity contribution in [2.45, 2.75) is 38.3 Å². The minimum absolute atomic E-state index is 0.0582. The van der Waals surface area contributed by atoms with Crippen molar-refractivity contribution in [1.29, 1.82) is 0 Å². The summed E-state index contributed by atoms with van der Waals surface area (Å²) in [5.41, 5.74) is 4.02. The maximum atomic E-state index is 14.1. The third kappa shape index (κ3) is 3.42. The molecule has 7 heteroatoms. The highest BCUT2D eigenvalue weighted by Gasteiger charge is 2.39. The number of ether oxygens (including phenoxy) is 1.